The second kappa shape index (κ2) is 4.31. The molecule has 2 fully saturated rings. The van der Waals surface area contributed by atoms with Gasteiger partial charge < -0.3 is 10.4 Å². The molecule has 96 valence electrons. The molecule has 0 saturated heterocycles. The van der Waals surface area contributed by atoms with Gasteiger partial charge >= 0.3 is 5.97 Å². The van der Waals surface area contributed by atoms with E-state index < -0.39 is 12.0 Å². The fourth-order valence-electron chi connectivity index (χ4n) is 3.12. The fraction of sp³-hybridized carbons (Fsp3) is 0.846. The summed E-state index contributed by atoms with van der Waals surface area (Å²) in [5.41, 5.74) is 0.240. The van der Waals surface area contributed by atoms with Gasteiger partial charge in [-0.15, -0.1) is 0 Å². The molecule has 2 saturated carbocycles. The molecule has 2 aliphatic carbocycles. The monoisotopic (exact) mass is 239 g/mol. The molecule has 2 N–H and O–H groups in total. The summed E-state index contributed by atoms with van der Waals surface area (Å²) in [5, 5.41) is 11.7. The maximum atomic E-state index is 12.0. The van der Waals surface area contributed by atoms with Crippen LogP contribution in [0.3, 0.4) is 0 Å². The lowest BCUT2D eigenvalue weighted by Crippen LogP contribution is -2.45. The van der Waals surface area contributed by atoms with E-state index in [9.17, 15) is 9.59 Å². The predicted molar refractivity (Wildman–Crippen MR) is 63.4 cm³/mol. The van der Waals surface area contributed by atoms with Crippen molar-refractivity contribution in [1.29, 1.82) is 0 Å². The summed E-state index contributed by atoms with van der Waals surface area (Å²) in [6.07, 6.45) is 5.69. The highest BCUT2D eigenvalue weighted by molar-refractivity contribution is 5.87. The number of carbonyl (C=O) groups is 2. The zero-order chi connectivity index (χ0) is 12.6. The van der Waals surface area contributed by atoms with E-state index in [1.165, 1.54) is 12.8 Å². The van der Waals surface area contributed by atoms with Crippen LogP contribution in [0.5, 0.6) is 0 Å². The zero-order valence-electron chi connectivity index (χ0n) is 10.5. The first-order valence-corrected chi connectivity index (χ1v) is 6.49. The van der Waals surface area contributed by atoms with Crippen molar-refractivity contribution in [2.24, 2.45) is 17.3 Å². The van der Waals surface area contributed by atoms with Gasteiger partial charge in [0.2, 0.25) is 5.91 Å². The van der Waals surface area contributed by atoms with Crippen LogP contribution in [0, 0.1) is 17.3 Å². The Bertz CT molecular complexity index is 332. The van der Waals surface area contributed by atoms with E-state index >= 15 is 0 Å². The van der Waals surface area contributed by atoms with E-state index in [0.717, 1.165) is 19.3 Å². The standard InChI is InChI=1S/C13H21NO3/c1-8(2)10(12(16)17)14-11(15)9-7-13(9)5-3-4-6-13/h8-10H,3-7H2,1-2H3,(H,14,15)(H,16,17). The van der Waals surface area contributed by atoms with Gasteiger partial charge in [-0.05, 0) is 30.6 Å². The Morgan fingerprint density at radius 1 is 1.29 bits per heavy atom. The van der Waals surface area contributed by atoms with Crippen LogP contribution in [0.2, 0.25) is 0 Å². The number of carboxylic acid groups (broad SMARTS) is 1. The number of amides is 1. The molecule has 0 radical (unpaired) electrons. The maximum absolute atomic E-state index is 12.0. The number of hydrogen-bond donors (Lipinski definition) is 2. The third kappa shape index (κ3) is 2.31. The quantitative estimate of drug-likeness (QED) is 0.786. The van der Waals surface area contributed by atoms with Gasteiger partial charge in [0.1, 0.15) is 6.04 Å². The molecule has 2 atom stereocenters. The maximum Gasteiger partial charge on any atom is 0.326 e. The molecule has 4 nitrogen and oxygen atoms in total. The highest BCUT2D eigenvalue weighted by Crippen LogP contribution is 2.62. The van der Waals surface area contributed by atoms with Crippen molar-refractivity contribution < 1.29 is 14.7 Å². The van der Waals surface area contributed by atoms with Crippen LogP contribution in [-0.2, 0) is 9.59 Å². The zero-order valence-corrected chi connectivity index (χ0v) is 10.5. The van der Waals surface area contributed by atoms with Crippen LogP contribution < -0.4 is 5.32 Å². The molecule has 0 bridgehead atoms. The molecule has 1 spiro atoms. The minimum Gasteiger partial charge on any atom is -0.480 e. The Morgan fingerprint density at radius 2 is 1.88 bits per heavy atom. The van der Waals surface area contributed by atoms with Gasteiger partial charge in [-0.3, -0.25) is 4.79 Å². The van der Waals surface area contributed by atoms with Gasteiger partial charge in [0, 0.05) is 5.92 Å². The summed E-state index contributed by atoms with van der Waals surface area (Å²) < 4.78 is 0. The Morgan fingerprint density at radius 3 is 2.35 bits per heavy atom. The summed E-state index contributed by atoms with van der Waals surface area (Å²) in [5.74, 6) is -0.984. The number of aliphatic carboxylic acids is 1. The van der Waals surface area contributed by atoms with E-state index in [4.69, 9.17) is 5.11 Å². The van der Waals surface area contributed by atoms with Crippen molar-refractivity contribution in [3.05, 3.63) is 0 Å². The van der Waals surface area contributed by atoms with Gasteiger partial charge in [0.05, 0.1) is 0 Å². The molecule has 0 aromatic heterocycles. The van der Waals surface area contributed by atoms with E-state index in [2.05, 4.69) is 5.32 Å². The molecule has 17 heavy (non-hydrogen) atoms. The Kier molecular flexibility index (Phi) is 3.15. The molecule has 2 aliphatic rings. The van der Waals surface area contributed by atoms with Crippen molar-refractivity contribution in [3.8, 4) is 0 Å². The number of carboxylic acids is 1. The van der Waals surface area contributed by atoms with Crippen LogP contribution in [0.4, 0.5) is 0 Å². The van der Waals surface area contributed by atoms with Crippen molar-refractivity contribution in [3.63, 3.8) is 0 Å². The molecule has 2 rings (SSSR count). The van der Waals surface area contributed by atoms with E-state index in [1.54, 1.807) is 0 Å². The van der Waals surface area contributed by atoms with Gasteiger partial charge in [0.15, 0.2) is 0 Å². The number of hydrogen-bond acceptors (Lipinski definition) is 2. The van der Waals surface area contributed by atoms with Crippen molar-refractivity contribution in [2.45, 2.75) is 52.0 Å². The SMILES string of the molecule is CC(C)C(NC(=O)C1CC12CCCC2)C(=O)O. The average Bonchev–Trinajstić information content (AvgIpc) is 2.72. The molecule has 1 amide bonds. The molecule has 0 aromatic carbocycles. The van der Waals surface area contributed by atoms with Crippen LogP contribution >= 0.6 is 0 Å². The highest BCUT2D eigenvalue weighted by Gasteiger charge is 2.58. The topological polar surface area (TPSA) is 66.4 Å². The number of nitrogens with one attached hydrogen (secondary N) is 1. The third-order valence-corrected chi connectivity index (χ3v) is 4.34. The normalized spacial score (nSPS) is 27.1. The van der Waals surface area contributed by atoms with E-state index in [-0.39, 0.29) is 23.2 Å². The van der Waals surface area contributed by atoms with Crippen LogP contribution in [-0.4, -0.2) is 23.0 Å². The molecule has 0 aromatic rings. The number of rotatable bonds is 4. The lowest BCUT2D eigenvalue weighted by atomic mass is 10.0. The molecule has 2 unspecified atom stereocenters. The van der Waals surface area contributed by atoms with Gasteiger partial charge in [-0.2, -0.15) is 0 Å². The predicted octanol–water partition coefficient (Wildman–Crippen LogP) is 1.79. The number of carbonyl (C=O) groups excluding carboxylic acids is 1. The molecular formula is C13H21NO3. The Balaban J connectivity index is 1.91. The van der Waals surface area contributed by atoms with Crippen molar-refractivity contribution >= 4 is 11.9 Å². The lowest BCUT2D eigenvalue weighted by Gasteiger charge is -2.18. The largest absolute Gasteiger partial charge is 0.480 e. The van der Waals surface area contributed by atoms with Crippen molar-refractivity contribution in [1.82, 2.24) is 5.32 Å². The van der Waals surface area contributed by atoms with Crippen LogP contribution in [0.25, 0.3) is 0 Å². The highest BCUT2D eigenvalue weighted by atomic mass is 16.4. The summed E-state index contributed by atoms with van der Waals surface area (Å²) in [6, 6.07) is -0.749. The fourth-order valence-corrected chi connectivity index (χ4v) is 3.12. The minimum absolute atomic E-state index is 0.0481. The van der Waals surface area contributed by atoms with Gasteiger partial charge in [0.25, 0.3) is 0 Å². The first kappa shape index (κ1) is 12.4. The summed E-state index contributed by atoms with van der Waals surface area (Å²) in [7, 11) is 0. The molecular weight excluding hydrogens is 218 g/mol. The first-order chi connectivity index (χ1) is 7.96. The molecule has 0 aliphatic heterocycles. The lowest BCUT2D eigenvalue weighted by molar-refractivity contribution is -0.143. The first-order valence-electron chi connectivity index (χ1n) is 6.49. The van der Waals surface area contributed by atoms with Crippen LogP contribution in [0.1, 0.15) is 46.0 Å². The minimum atomic E-state index is -0.936. The van der Waals surface area contributed by atoms with E-state index in [1.807, 2.05) is 13.8 Å². The molecule has 0 heterocycles. The van der Waals surface area contributed by atoms with E-state index in [0.29, 0.717) is 0 Å². The van der Waals surface area contributed by atoms with Gasteiger partial charge in [-0.25, -0.2) is 4.79 Å². The summed E-state index contributed by atoms with van der Waals surface area (Å²) >= 11 is 0. The summed E-state index contributed by atoms with van der Waals surface area (Å²) in [6.45, 7) is 3.63. The van der Waals surface area contributed by atoms with Crippen molar-refractivity contribution in [2.75, 3.05) is 0 Å². The second-order valence-corrected chi connectivity index (χ2v) is 5.89. The Hall–Kier alpha value is -1.06. The Labute approximate surface area is 102 Å². The smallest absolute Gasteiger partial charge is 0.326 e. The average molecular weight is 239 g/mol. The summed E-state index contributed by atoms with van der Waals surface area (Å²) in [4.78, 5) is 23.0. The second-order valence-electron chi connectivity index (χ2n) is 5.89. The third-order valence-electron chi connectivity index (χ3n) is 4.34. The molecule has 4 heteroatoms. The van der Waals surface area contributed by atoms with Crippen LogP contribution in [0.15, 0.2) is 0 Å². The van der Waals surface area contributed by atoms with Gasteiger partial charge in [-0.1, -0.05) is 26.7 Å².